The number of sulfonamides is 1. The maximum Gasteiger partial charge on any atom is 0.246 e. The van der Waals surface area contributed by atoms with Gasteiger partial charge in [0.1, 0.15) is 16.4 Å². The van der Waals surface area contributed by atoms with Gasteiger partial charge in [-0.25, -0.2) is 8.42 Å². The van der Waals surface area contributed by atoms with Gasteiger partial charge in [0.2, 0.25) is 10.0 Å². The summed E-state index contributed by atoms with van der Waals surface area (Å²) in [6.45, 7) is 1.97. The highest BCUT2D eigenvalue weighted by Crippen LogP contribution is 2.36. The summed E-state index contributed by atoms with van der Waals surface area (Å²) >= 11 is 3.28. The molecule has 1 rings (SSSR count). The molecule has 2 N–H and O–H groups in total. The fourth-order valence-electron chi connectivity index (χ4n) is 1.57. The van der Waals surface area contributed by atoms with Gasteiger partial charge in [0, 0.05) is 25.7 Å². The summed E-state index contributed by atoms with van der Waals surface area (Å²) in [4.78, 5) is 0.0653. The van der Waals surface area contributed by atoms with E-state index in [0.717, 1.165) is 0 Å². The van der Waals surface area contributed by atoms with Crippen molar-refractivity contribution in [3.63, 3.8) is 0 Å². The standard InChI is InChI=1S/C12H19BrN2O4S.ClH/c1-8(7-14)15(2)20(16,17)12-5-9(13)10(18-3)6-11(12)19-4;/h5-6,8H,7,14H2,1-4H3;1H. The van der Waals surface area contributed by atoms with Crippen molar-refractivity contribution in [3.8, 4) is 11.5 Å². The Morgan fingerprint density at radius 3 is 2.24 bits per heavy atom. The molecule has 0 radical (unpaired) electrons. The van der Waals surface area contributed by atoms with Crippen molar-refractivity contribution in [2.45, 2.75) is 17.9 Å². The summed E-state index contributed by atoms with van der Waals surface area (Å²) in [6, 6.07) is 2.68. The molecule has 21 heavy (non-hydrogen) atoms. The lowest BCUT2D eigenvalue weighted by Gasteiger charge is -2.24. The van der Waals surface area contributed by atoms with Crippen molar-refractivity contribution in [3.05, 3.63) is 16.6 Å². The Morgan fingerprint density at radius 1 is 1.29 bits per heavy atom. The van der Waals surface area contributed by atoms with Crippen LogP contribution in [0.2, 0.25) is 0 Å². The van der Waals surface area contributed by atoms with Gasteiger partial charge in [0.15, 0.2) is 0 Å². The molecular weight excluding hydrogens is 384 g/mol. The molecule has 1 atom stereocenters. The van der Waals surface area contributed by atoms with Crippen LogP contribution in [-0.4, -0.2) is 46.6 Å². The van der Waals surface area contributed by atoms with Crippen LogP contribution in [0.3, 0.4) is 0 Å². The van der Waals surface area contributed by atoms with E-state index >= 15 is 0 Å². The lowest BCUT2D eigenvalue weighted by atomic mass is 10.3. The van der Waals surface area contributed by atoms with Crippen LogP contribution in [0.15, 0.2) is 21.5 Å². The smallest absolute Gasteiger partial charge is 0.246 e. The van der Waals surface area contributed by atoms with Crippen LogP contribution >= 0.6 is 28.3 Å². The van der Waals surface area contributed by atoms with Crippen LogP contribution in [0.1, 0.15) is 6.92 Å². The van der Waals surface area contributed by atoms with E-state index in [0.29, 0.717) is 10.2 Å². The Hall–Kier alpha value is -0.540. The summed E-state index contributed by atoms with van der Waals surface area (Å²) in [5.74, 6) is 0.719. The normalized spacial score (nSPS) is 12.7. The highest BCUT2D eigenvalue weighted by atomic mass is 79.9. The second kappa shape index (κ2) is 8.19. The third kappa shape index (κ3) is 4.23. The molecule has 0 fully saturated rings. The number of nitrogens with zero attached hydrogens (tertiary/aromatic N) is 1. The number of rotatable bonds is 6. The van der Waals surface area contributed by atoms with Crippen molar-refractivity contribution in [2.24, 2.45) is 5.73 Å². The first-order chi connectivity index (χ1) is 9.29. The van der Waals surface area contributed by atoms with Gasteiger partial charge in [-0.3, -0.25) is 0 Å². The first kappa shape index (κ1) is 20.5. The number of hydrogen-bond donors (Lipinski definition) is 1. The maximum atomic E-state index is 12.6. The van der Waals surface area contributed by atoms with E-state index < -0.39 is 10.0 Å². The minimum atomic E-state index is -3.70. The van der Waals surface area contributed by atoms with Crippen LogP contribution in [0.25, 0.3) is 0 Å². The van der Waals surface area contributed by atoms with Crippen LogP contribution in [-0.2, 0) is 10.0 Å². The number of benzene rings is 1. The summed E-state index contributed by atoms with van der Waals surface area (Å²) < 4.78 is 37.2. The van der Waals surface area contributed by atoms with Crippen molar-refractivity contribution >= 4 is 38.4 Å². The molecule has 0 bridgehead atoms. The monoisotopic (exact) mass is 402 g/mol. The zero-order valence-electron chi connectivity index (χ0n) is 12.3. The quantitative estimate of drug-likeness (QED) is 0.784. The number of ether oxygens (including phenoxy) is 2. The molecule has 0 aromatic heterocycles. The molecule has 1 aromatic carbocycles. The summed E-state index contributed by atoms with van der Waals surface area (Å²) in [5, 5.41) is 0. The average Bonchev–Trinajstić information content (AvgIpc) is 2.45. The predicted molar refractivity (Wildman–Crippen MR) is 88.0 cm³/mol. The third-order valence-corrected chi connectivity index (χ3v) is 5.67. The van der Waals surface area contributed by atoms with E-state index in [2.05, 4.69) is 15.9 Å². The Morgan fingerprint density at radius 2 is 1.81 bits per heavy atom. The SMILES string of the molecule is COc1cc(OC)c(S(=O)(=O)N(C)C(C)CN)cc1Br.Cl. The van der Waals surface area contributed by atoms with Crippen LogP contribution < -0.4 is 15.2 Å². The molecule has 0 aliphatic rings. The fraction of sp³-hybridized carbons (Fsp3) is 0.500. The first-order valence-corrected chi connectivity index (χ1v) is 8.12. The predicted octanol–water partition coefficient (Wildman–Crippen LogP) is 1.86. The zero-order chi connectivity index (χ0) is 15.5. The van der Waals surface area contributed by atoms with Crippen LogP contribution in [0.5, 0.6) is 11.5 Å². The minimum Gasteiger partial charge on any atom is -0.495 e. The molecule has 0 heterocycles. The van der Waals surface area contributed by atoms with Crippen molar-refractivity contribution in [1.29, 1.82) is 0 Å². The first-order valence-electron chi connectivity index (χ1n) is 5.89. The lowest BCUT2D eigenvalue weighted by Crippen LogP contribution is -2.39. The molecule has 0 spiro atoms. The van der Waals surface area contributed by atoms with Crippen molar-refractivity contribution < 1.29 is 17.9 Å². The Labute approximate surface area is 140 Å². The molecule has 0 saturated carbocycles. The molecule has 0 amide bonds. The number of hydrogen-bond acceptors (Lipinski definition) is 5. The highest BCUT2D eigenvalue weighted by molar-refractivity contribution is 9.10. The lowest BCUT2D eigenvalue weighted by molar-refractivity contribution is 0.373. The number of likely N-dealkylation sites (N-methyl/N-ethyl adjacent to an activating group) is 1. The zero-order valence-corrected chi connectivity index (χ0v) is 15.5. The Bertz CT molecular complexity index is 583. The van der Waals surface area contributed by atoms with E-state index in [4.69, 9.17) is 15.2 Å². The number of nitrogens with two attached hydrogens (primary N) is 1. The Kier molecular flexibility index (Phi) is 7.98. The summed E-state index contributed by atoms with van der Waals surface area (Å²) in [5.41, 5.74) is 5.53. The van der Waals surface area contributed by atoms with E-state index in [1.165, 1.54) is 37.7 Å². The molecule has 0 aliphatic carbocycles. The molecule has 122 valence electrons. The largest absolute Gasteiger partial charge is 0.495 e. The molecule has 1 unspecified atom stereocenters. The molecule has 0 aliphatic heterocycles. The highest BCUT2D eigenvalue weighted by Gasteiger charge is 2.29. The van der Waals surface area contributed by atoms with Gasteiger partial charge in [-0.1, -0.05) is 0 Å². The average molecular weight is 404 g/mol. The summed E-state index contributed by atoms with van der Waals surface area (Å²) in [6.07, 6.45) is 0. The number of methoxy groups -OCH3 is 2. The third-order valence-electron chi connectivity index (χ3n) is 3.06. The molecule has 0 saturated heterocycles. The molecule has 9 heteroatoms. The van der Waals surface area contributed by atoms with E-state index in [1.807, 2.05) is 0 Å². The second-order valence-corrected chi connectivity index (χ2v) is 7.06. The molecule has 1 aromatic rings. The van der Waals surface area contributed by atoms with Gasteiger partial charge in [0.25, 0.3) is 0 Å². The van der Waals surface area contributed by atoms with E-state index in [-0.39, 0.29) is 35.6 Å². The van der Waals surface area contributed by atoms with Crippen molar-refractivity contribution in [2.75, 3.05) is 27.8 Å². The number of halogens is 2. The molecular formula is C12H20BrClN2O4S. The van der Waals surface area contributed by atoms with Crippen molar-refractivity contribution in [1.82, 2.24) is 4.31 Å². The van der Waals surface area contributed by atoms with Gasteiger partial charge < -0.3 is 15.2 Å². The van der Waals surface area contributed by atoms with Gasteiger partial charge in [0.05, 0.1) is 18.7 Å². The fourth-order valence-corrected chi connectivity index (χ4v) is 3.76. The topological polar surface area (TPSA) is 81.9 Å². The Balaban J connectivity index is 0.00000400. The van der Waals surface area contributed by atoms with Gasteiger partial charge in [-0.15, -0.1) is 12.4 Å². The van der Waals surface area contributed by atoms with Gasteiger partial charge in [-0.05, 0) is 28.9 Å². The van der Waals surface area contributed by atoms with E-state index in [1.54, 1.807) is 6.92 Å². The van der Waals surface area contributed by atoms with Crippen LogP contribution in [0, 0.1) is 0 Å². The molecule has 6 nitrogen and oxygen atoms in total. The van der Waals surface area contributed by atoms with Gasteiger partial charge in [-0.2, -0.15) is 4.31 Å². The van der Waals surface area contributed by atoms with Crippen LogP contribution in [0.4, 0.5) is 0 Å². The second-order valence-electron chi connectivity index (χ2n) is 4.24. The summed E-state index contributed by atoms with van der Waals surface area (Å²) in [7, 11) is 0.700. The van der Waals surface area contributed by atoms with E-state index in [9.17, 15) is 8.42 Å². The van der Waals surface area contributed by atoms with Gasteiger partial charge >= 0.3 is 0 Å². The minimum absolute atomic E-state index is 0. The maximum absolute atomic E-state index is 12.6.